The number of hydrogen-bond donors (Lipinski definition) is 0. The standard InChI is InChI=1S/C17H18F3NO3/c1-10(22)24-7-6-15-13-5-4-12(17(18,19)20)8-14(13)16(23)21(15)9-11-2-3-11/h4-5,8,11,15H,2-3,6-7,9H2,1H3. The smallest absolute Gasteiger partial charge is 0.416 e. The van der Waals surface area contributed by atoms with Crippen LogP contribution in [0.5, 0.6) is 0 Å². The summed E-state index contributed by atoms with van der Waals surface area (Å²) in [5, 5.41) is 0. The summed E-state index contributed by atoms with van der Waals surface area (Å²) in [5.41, 5.74) is -0.124. The molecule has 0 spiro atoms. The minimum atomic E-state index is -4.48. The summed E-state index contributed by atoms with van der Waals surface area (Å²) in [7, 11) is 0. The van der Waals surface area contributed by atoms with E-state index in [4.69, 9.17) is 4.74 Å². The van der Waals surface area contributed by atoms with E-state index in [9.17, 15) is 22.8 Å². The van der Waals surface area contributed by atoms with E-state index in [0.717, 1.165) is 25.0 Å². The lowest BCUT2D eigenvalue weighted by molar-refractivity contribution is -0.141. The molecule has 1 unspecified atom stereocenters. The van der Waals surface area contributed by atoms with E-state index in [1.165, 1.54) is 13.0 Å². The summed E-state index contributed by atoms with van der Waals surface area (Å²) in [5.74, 6) is -0.363. The van der Waals surface area contributed by atoms with Gasteiger partial charge in [0.1, 0.15) is 0 Å². The number of ether oxygens (including phenoxy) is 1. The summed E-state index contributed by atoms with van der Waals surface area (Å²) in [6.45, 7) is 1.97. The molecule has 0 bridgehead atoms. The van der Waals surface area contributed by atoms with E-state index in [1.807, 2.05) is 0 Å². The highest BCUT2D eigenvalue weighted by Gasteiger charge is 2.41. The number of rotatable bonds is 5. The second-order valence-electron chi connectivity index (χ2n) is 6.35. The number of benzene rings is 1. The Bertz CT molecular complexity index is 668. The zero-order chi connectivity index (χ0) is 17.5. The lowest BCUT2D eigenvalue weighted by atomic mass is 10.00. The molecule has 1 atom stereocenters. The highest BCUT2D eigenvalue weighted by Crippen LogP contribution is 2.42. The van der Waals surface area contributed by atoms with E-state index >= 15 is 0 Å². The summed E-state index contributed by atoms with van der Waals surface area (Å²) in [4.78, 5) is 25.2. The van der Waals surface area contributed by atoms with E-state index in [1.54, 1.807) is 4.90 Å². The Morgan fingerprint density at radius 3 is 2.62 bits per heavy atom. The van der Waals surface area contributed by atoms with Crippen LogP contribution in [0.15, 0.2) is 18.2 Å². The van der Waals surface area contributed by atoms with Gasteiger partial charge in [0.15, 0.2) is 0 Å². The molecule has 1 amide bonds. The maximum Gasteiger partial charge on any atom is 0.416 e. The van der Waals surface area contributed by atoms with Crippen LogP contribution in [0, 0.1) is 5.92 Å². The predicted molar refractivity (Wildman–Crippen MR) is 79.2 cm³/mol. The molecular formula is C17H18F3NO3. The third kappa shape index (κ3) is 3.39. The number of halogens is 3. The zero-order valence-corrected chi connectivity index (χ0v) is 13.2. The fourth-order valence-corrected chi connectivity index (χ4v) is 3.09. The van der Waals surface area contributed by atoms with Crippen LogP contribution in [0.4, 0.5) is 13.2 Å². The Morgan fingerprint density at radius 2 is 2.04 bits per heavy atom. The van der Waals surface area contributed by atoms with Gasteiger partial charge in [-0.15, -0.1) is 0 Å². The van der Waals surface area contributed by atoms with Crippen LogP contribution >= 0.6 is 0 Å². The number of hydrogen-bond acceptors (Lipinski definition) is 3. The first-order valence-electron chi connectivity index (χ1n) is 7.93. The number of carbonyl (C=O) groups excluding carboxylic acids is 2. The van der Waals surface area contributed by atoms with Gasteiger partial charge in [0.05, 0.1) is 18.2 Å². The van der Waals surface area contributed by atoms with Gasteiger partial charge in [0, 0.05) is 25.5 Å². The molecule has 1 aromatic rings. The van der Waals surface area contributed by atoms with Crippen molar-refractivity contribution >= 4 is 11.9 Å². The van der Waals surface area contributed by atoms with Crippen molar-refractivity contribution in [1.29, 1.82) is 0 Å². The largest absolute Gasteiger partial charge is 0.466 e. The van der Waals surface area contributed by atoms with Crippen molar-refractivity contribution in [2.75, 3.05) is 13.2 Å². The fraction of sp³-hybridized carbons (Fsp3) is 0.529. The number of carbonyl (C=O) groups is 2. The van der Waals surface area contributed by atoms with Gasteiger partial charge in [-0.1, -0.05) is 6.07 Å². The van der Waals surface area contributed by atoms with Gasteiger partial charge in [0.25, 0.3) is 5.91 Å². The lowest BCUT2D eigenvalue weighted by Crippen LogP contribution is -2.31. The molecule has 1 aliphatic carbocycles. The van der Waals surface area contributed by atoms with Gasteiger partial charge >= 0.3 is 12.1 Å². The Balaban J connectivity index is 1.87. The predicted octanol–water partition coefficient (Wildman–Crippen LogP) is 3.57. The molecule has 1 heterocycles. The van der Waals surface area contributed by atoms with Crippen LogP contribution in [0.1, 0.15) is 53.7 Å². The van der Waals surface area contributed by atoms with E-state index in [-0.39, 0.29) is 24.1 Å². The van der Waals surface area contributed by atoms with E-state index in [0.29, 0.717) is 24.4 Å². The quantitative estimate of drug-likeness (QED) is 0.769. The third-order valence-electron chi connectivity index (χ3n) is 4.46. The average Bonchev–Trinajstić information content (AvgIpc) is 3.27. The summed E-state index contributed by atoms with van der Waals surface area (Å²) >= 11 is 0. The maximum atomic E-state index is 12.9. The van der Waals surface area contributed by atoms with Crippen molar-refractivity contribution in [3.05, 3.63) is 34.9 Å². The van der Waals surface area contributed by atoms with E-state index in [2.05, 4.69) is 0 Å². The molecule has 0 radical (unpaired) electrons. The fourth-order valence-electron chi connectivity index (χ4n) is 3.09. The van der Waals surface area contributed by atoms with Crippen LogP contribution in [0.3, 0.4) is 0 Å². The topological polar surface area (TPSA) is 46.6 Å². The minimum Gasteiger partial charge on any atom is -0.466 e. The monoisotopic (exact) mass is 341 g/mol. The first-order valence-corrected chi connectivity index (χ1v) is 7.93. The van der Waals surface area contributed by atoms with Crippen LogP contribution < -0.4 is 0 Å². The van der Waals surface area contributed by atoms with Gasteiger partial charge < -0.3 is 9.64 Å². The molecule has 7 heteroatoms. The highest BCUT2D eigenvalue weighted by atomic mass is 19.4. The number of fused-ring (bicyclic) bond motifs is 1. The van der Waals surface area contributed by atoms with Crippen molar-refractivity contribution in [2.24, 2.45) is 5.92 Å². The minimum absolute atomic E-state index is 0.110. The van der Waals surface area contributed by atoms with E-state index < -0.39 is 17.7 Å². The van der Waals surface area contributed by atoms with Crippen molar-refractivity contribution in [1.82, 2.24) is 4.90 Å². The Kier molecular flexibility index (Phi) is 4.27. The summed E-state index contributed by atoms with van der Waals surface area (Å²) in [6.07, 6.45) is -2.03. The Hall–Kier alpha value is -2.05. The normalized spacial score (nSPS) is 20.2. The molecule has 2 aliphatic rings. The van der Waals surface area contributed by atoms with Crippen LogP contribution in [0.2, 0.25) is 0 Å². The average molecular weight is 341 g/mol. The Morgan fingerprint density at radius 1 is 1.33 bits per heavy atom. The second-order valence-corrected chi connectivity index (χ2v) is 6.35. The summed E-state index contributed by atoms with van der Waals surface area (Å²) in [6, 6.07) is 2.98. The molecule has 24 heavy (non-hydrogen) atoms. The number of amides is 1. The van der Waals surface area contributed by atoms with Crippen LogP contribution in [0.25, 0.3) is 0 Å². The van der Waals surface area contributed by atoms with Gasteiger partial charge in [-0.25, -0.2) is 0 Å². The molecular weight excluding hydrogens is 323 g/mol. The molecule has 3 rings (SSSR count). The van der Waals surface area contributed by atoms with Crippen molar-refractivity contribution in [3.8, 4) is 0 Å². The van der Waals surface area contributed by atoms with Gasteiger partial charge in [-0.05, 0) is 36.5 Å². The lowest BCUT2D eigenvalue weighted by Gasteiger charge is -2.25. The van der Waals surface area contributed by atoms with Crippen molar-refractivity contribution in [3.63, 3.8) is 0 Å². The number of alkyl halides is 3. The molecule has 1 aromatic carbocycles. The molecule has 0 N–H and O–H groups in total. The second kappa shape index (κ2) is 6.11. The third-order valence-corrected chi connectivity index (χ3v) is 4.46. The number of nitrogens with zero attached hydrogens (tertiary/aromatic N) is 1. The summed E-state index contributed by atoms with van der Waals surface area (Å²) < 4.78 is 43.7. The van der Waals surface area contributed by atoms with Gasteiger partial charge in [-0.3, -0.25) is 9.59 Å². The molecule has 0 saturated heterocycles. The molecule has 130 valence electrons. The molecule has 0 aromatic heterocycles. The number of esters is 1. The van der Waals surface area contributed by atoms with Gasteiger partial charge in [0.2, 0.25) is 0 Å². The van der Waals surface area contributed by atoms with Gasteiger partial charge in [-0.2, -0.15) is 13.2 Å². The SMILES string of the molecule is CC(=O)OCCC1c2ccc(C(F)(F)F)cc2C(=O)N1CC1CC1. The van der Waals surface area contributed by atoms with Crippen LogP contribution in [-0.2, 0) is 15.7 Å². The Labute approximate surface area is 137 Å². The first kappa shape index (κ1) is 16.8. The van der Waals surface area contributed by atoms with Crippen LogP contribution in [-0.4, -0.2) is 29.9 Å². The van der Waals surface area contributed by atoms with Crippen molar-refractivity contribution < 1.29 is 27.5 Å². The molecule has 1 fully saturated rings. The maximum absolute atomic E-state index is 12.9. The highest BCUT2D eigenvalue weighted by molar-refractivity contribution is 5.99. The molecule has 1 aliphatic heterocycles. The van der Waals surface area contributed by atoms with Crippen molar-refractivity contribution in [2.45, 2.75) is 38.4 Å². The zero-order valence-electron chi connectivity index (χ0n) is 13.2. The first-order chi connectivity index (χ1) is 11.3. The molecule has 4 nitrogen and oxygen atoms in total. The molecule has 1 saturated carbocycles.